The van der Waals surface area contributed by atoms with Crippen molar-refractivity contribution in [3.63, 3.8) is 0 Å². The summed E-state index contributed by atoms with van der Waals surface area (Å²) in [6, 6.07) is 10.2. The number of nitrogens with zero attached hydrogens (tertiary/aromatic N) is 2. The highest BCUT2D eigenvalue weighted by atomic mass is 16.2. The molecule has 0 bridgehead atoms. The molecular formula is C13H19N3O. The summed E-state index contributed by atoms with van der Waals surface area (Å²) in [4.78, 5) is 11.6. The van der Waals surface area contributed by atoms with E-state index in [1.54, 1.807) is 12.1 Å². The normalized spacial score (nSPS) is 23.1. The van der Waals surface area contributed by atoms with Crippen LogP contribution in [0.3, 0.4) is 0 Å². The standard InChI is InChI=1S/C13H19N3O/c1-15-12(9-13(17)16(15)2)11(14)8-10-6-4-3-5-7-10/h3-7,11-12H,8-9,14H2,1-2H3/t11-,12+/m0/s1. The monoisotopic (exact) mass is 233 g/mol. The number of hydrogen-bond acceptors (Lipinski definition) is 3. The molecule has 2 rings (SSSR count). The molecule has 4 heteroatoms. The van der Waals surface area contributed by atoms with E-state index in [2.05, 4.69) is 12.1 Å². The van der Waals surface area contributed by atoms with E-state index in [1.807, 2.05) is 30.3 Å². The molecule has 1 saturated heterocycles. The van der Waals surface area contributed by atoms with Crippen LogP contribution in [-0.2, 0) is 11.2 Å². The van der Waals surface area contributed by atoms with Gasteiger partial charge in [-0.15, -0.1) is 0 Å². The van der Waals surface area contributed by atoms with E-state index in [9.17, 15) is 4.79 Å². The van der Waals surface area contributed by atoms with Crippen molar-refractivity contribution in [2.75, 3.05) is 14.1 Å². The van der Waals surface area contributed by atoms with Crippen molar-refractivity contribution in [2.24, 2.45) is 5.73 Å². The van der Waals surface area contributed by atoms with Gasteiger partial charge in [0.05, 0.1) is 6.04 Å². The molecule has 2 N–H and O–H groups in total. The summed E-state index contributed by atoms with van der Waals surface area (Å²) < 4.78 is 0. The SMILES string of the molecule is CN1C(=O)C[C@H]([C@@H](N)Cc2ccccc2)N1C. The third-order valence-corrected chi connectivity index (χ3v) is 3.51. The first-order chi connectivity index (χ1) is 8.09. The zero-order chi connectivity index (χ0) is 12.4. The second kappa shape index (κ2) is 4.85. The third-order valence-electron chi connectivity index (χ3n) is 3.51. The maximum absolute atomic E-state index is 11.6. The number of carbonyl (C=O) groups excluding carboxylic acids is 1. The molecule has 0 aliphatic carbocycles. The van der Waals surface area contributed by atoms with Gasteiger partial charge in [-0.05, 0) is 12.0 Å². The Morgan fingerprint density at radius 3 is 2.53 bits per heavy atom. The van der Waals surface area contributed by atoms with Gasteiger partial charge in [-0.25, -0.2) is 5.01 Å². The maximum atomic E-state index is 11.6. The topological polar surface area (TPSA) is 49.6 Å². The summed E-state index contributed by atoms with van der Waals surface area (Å²) in [7, 11) is 3.71. The largest absolute Gasteiger partial charge is 0.326 e. The minimum atomic E-state index is -0.0173. The van der Waals surface area contributed by atoms with Gasteiger partial charge >= 0.3 is 0 Å². The predicted octanol–water partition coefficient (Wildman–Crippen LogP) is 0.634. The average molecular weight is 233 g/mol. The van der Waals surface area contributed by atoms with Crippen LogP contribution in [0.5, 0.6) is 0 Å². The summed E-state index contributed by atoms with van der Waals surface area (Å²) in [5.41, 5.74) is 7.42. The highest BCUT2D eigenvalue weighted by Crippen LogP contribution is 2.20. The molecule has 92 valence electrons. The molecular weight excluding hydrogens is 214 g/mol. The van der Waals surface area contributed by atoms with Crippen LogP contribution in [0.4, 0.5) is 0 Å². The fraction of sp³-hybridized carbons (Fsp3) is 0.462. The van der Waals surface area contributed by atoms with E-state index in [4.69, 9.17) is 5.73 Å². The van der Waals surface area contributed by atoms with Crippen molar-refractivity contribution in [1.82, 2.24) is 10.0 Å². The average Bonchev–Trinajstić information content (AvgIpc) is 2.58. The zero-order valence-electron chi connectivity index (χ0n) is 10.3. The van der Waals surface area contributed by atoms with Crippen molar-refractivity contribution in [2.45, 2.75) is 24.9 Å². The number of hydrazine groups is 1. The van der Waals surface area contributed by atoms with Crippen molar-refractivity contribution >= 4 is 5.91 Å². The van der Waals surface area contributed by atoms with Crippen molar-refractivity contribution in [3.05, 3.63) is 35.9 Å². The van der Waals surface area contributed by atoms with E-state index >= 15 is 0 Å². The molecule has 0 spiro atoms. The van der Waals surface area contributed by atoms with Crippen LogP contribution in [0.15, 0.2) is 30.3 Å². The first kappa shape index (κ1) is 12.1. The quantitative estimate of drug-likeness (QED) is 0.833. The number of amides is 1. The van der Waals surface area contributed by atoms with Crippen molar-refractivity contribution < 1.29 is 4.79 Å². The van der Waals surface area contributed by atoms with E-state index in [1.165, 1.54) is 5.56 Å². The highest BCUT2D eigenvalue weighted by Gasteiger charge is 2.36. The van der Waals surface area contributed by atoms with E-state index in [0.29, 0.717) is 6.42 Å². The molecule has 2 atom stereocenters. The van der Waals surface area contributed by atoms with Crippen LogP contribution in [-0.4, -0.2) is 42.1 Å². The molecule has 1 aromatic carbocycles. The molecule has 17 heavy (non-hydrogen) atoms. The van der Waals surface area contributed by atoms with Gasteiger partial charge in [-0.1, -0.05) is 30.3 Å². The minimum absolute atomic E-state index is 0.0173. The molecule has 1 amide bonds. The Morgan fingerprint density at radius 2 is 2.00 bits per heavy atom. The molecule has 1 aliphatic rings. The van der Waals surface area contributed by atoms with Gasteiger partial charge in [0.1, 0.15) is 0 Å². The Balaban J connectivity index is 2.02. The maximum Gasteiger partial charge on any atom is 0.238 e. The number of hydrogen-bond donors (Lipinski definition) is 1. The smallest absolute Gasteiger partial charge is 0.238 e. The Bertz CT molecular complexity index is 393. The minimum Gasteiger partial charge on any atom is -0.326 e. The van der Waals surface area contributed by atoms with Crippen molar-refractivity contribution in [1.29, 1.82) is 0 Å². The summed E-state index contributed by atoms with van der Waals surface area (Å²) in [5, 5.41) is 3.59. The Hall–Kier alpha value is -1.39. The van der Waals surface area contributed by atoms with E-state index in [-0.39, 0.29) is 18.0 Å². The first-order valence-electron chi connectivity index (χ1n) is 5.88. The third kappa shape index (κ3) is 2.48. The molecule has 1 aliphatic heterocycles. The van der Waals surface area contributed by atoms with Gasteiger partial charge in [-0.2, -0.15) is 0 Å². The lowest BCUT2D eigenvalue weighted by Crippen LogP contribution is -2.46. The summed E-state index contributed by atoms with van der Waals surface area (Å²) in [5.74, 6) is 0.140. The van der Waals surface area contributed by atoms with Gasteiger partial charge in [0, 0.05) is 26.6 Å². The molecule has 4 nitrogen and oxygen atoms in total. The second-order valence-corrected chi connectivity index (χ2v) is 4.62. The van der Waals surface area contributed by atoms with Crippen LogP contribution >= 0.6 is 0 Å². The molecule has 0 saturated carbocycles. The number of rotatable bonds is 3. The lowest BCUT2D eigenvalue weighted by atomic mass is 9.98. The Kier molecular flexibility index (Phi) is 3.45. The highest BCUT2D eigenvalue weighted by molar-refractivity contribution is 5.78. The van der Waals surface area contributed by atoms with Crippen LogP contribution in [0.2, 0.25) is 0 Å². The molecule has 1 heterocycles. The zero-order valence-corrected chi connectivity index (χ0v) is 10.3. The van der Waals surface area contributed by atoms with E-state index in [0.717, 1.165) is 6.42 Å². The van der Waals surface area contributed by atoms with Gasteiger partial charge < -0.3 is 5.73 Å². The van der Waals surface area contributed by atoms with E-state index < -0.39 is 0 Å². The number of benzene rings is 1. The number of carbonyl (C=O) groups is 1. The number of nitrogens with two attached hydrogens (primary N) is 1. The molecule has 0 unspecified atom stereocenters. The lowest BCUT2D eigenvalue weighted by Gasteiger charge is -2.28. The Morgan fingerprint density at radius 1 is 1.35 bits per heavy atom. The summed E-state index contributed by atoms with van der Waals surface area (Å²) in [6.45, 7) is 0. The van der Waals surface area contributed by atoms with Gasteiger partial charge in [0.25, 0.3) is 0 Å². The van der Waals surface area contributed by atoms with Gasteiger partial charge in [0.2, 0.25) is 5.91 Å². The fourth-order valence-corrected chi connectivity index (χ4v) is 2.29. The van der Waals surface area contributed by atoms with Gasteiger partial charge in [0.15, 0.2) is 0 Å². The van der Waals surface area contributed by atoms with Crippen LogP contribution in [0.25, 0.3) is 0 Å². The molecule has 0 radical (unpaired) electrons. The van der Waals surface area contributed by atoms with Crippen LogP contribution in [0, 0.1) is 0 Å². The Labute approximate surface area is 102 Å². The first-order valence-corrected chi connectivity index (χ1v) is 5.88. The lowest BCUT2D eigenvalue weighted by molar-refractivity contribution is -0.134. The fourth-order valence-electron chi connectivity index (χ4n) is 2.29. The van der Waals surface area contributed by atoms with Crippen LogP contribution < -0.4 is 5.73 Å². The molecule has 0 aromatic heterocycles. The predicted molar refractivity (Wildman–Crippen MR) is 67.1 cm³/mol. The number of likely N-dealkylation sites (N-methyl/N-ethyl adjacent to an activating group) is 1. The van der Waals surface area contributed by atoms with Crippen molar-refractivity contribution in [3.8, 4) is 0 Å². The van der Waals surface area contributed by atoms with Gasteiger partial charge in [-0.3, -0.25) is 9.80 Å². The molecule has 1 fully saturated rings. The summed E-state index contributed by atoms with van der Waals surface area (Å²) >= 11 is 0. The molecule has 1 aromatic rings. The van der Waals surface area contributed by atoms with Crippen LogP contribution in [0.1, 0.15) is 12.0 Å². The second-order valence-electron chi connectivity index (χ2n) is 4.62. The summed E-state index contributed by atoms with van der Waals surface area (Å²) in [6.07, 6.45) is 1.32.